The molecule has 6 atom stereocenters. The maximum Gasteiger partial charge on any atom is 0.305 e. The summed E-state index contributed by atoms with van der Waals surface area (Å²) in [6.07, 6.45) is -3.00. The van der Waals surface area contributed by atoms with Gasteiger partial charge in [-0.2, -0.15) is 0 Å². The number of amides is 1. The van der Waals surface area contributed by atoms with Gasteiger partial charge in [0.25, 0.3) is 11.2 Å². The summed E-state index contributed by atoms with van der Waals surface area (Å²) in [6, 6.07) is -0.667. The summed E-state index contributed by atoms with van der Waals surface area (Å²) in [6.45, 7) is 6.09. The number of halogens is 2. The molecule has 14 heteroatoms. The molecule has 0 N–H and O–H groups in total. The van der Waals surface area contributed by atoms with Gasteiger partial charge in [-0.05, 0) is 20.8 Å². The molecule has 0 aromatic heterocycles. The van der Waals surface area contributed by atoms with E-state index in [1.807, 2.05) is 0 Å². The normalized spacial score (nSPS) is 32.1. The number of likely N-dealkylation sites (tertiary alicyclic amines) is 1. The Morgan fingerprint density at radius 1 is 1.26 bits per heavy atom. The van der Waals surface area contributed by atoms with E-state index < -0.39 is 81.6 Å². The number of ether oxygens (including phenoxy) is 3. The van der Waals surface area contributed by atoms with Gasteiger partial charge in [-0.25, -0.2) is 17.2 Å². The van der Waals surface area contributed by atoms with Crippen molar-refractivity contribution in [3.8, 4) is 0 Å². The van der Waals surface area contributed by atoms with E-state index in [1.54, 1.807) is 27.7 Å². The molecule has 3 saturated heterocycles. The minimum Gasteiger partial charge on any atom is -0.746 e. The minimum atomic E-state index is -6.10. The standard InChI is InChI=1S/C17H22F2NO9S.Rf/c1-5-7(21)28-13-10-11-8(14(22)20(10)16(2,3)4)9(12(13)29-11)15(23)27-6-17(18,19)30(24,25)26;/h6,8-13H,5H2,1-4H3,(H,24,25,26);/q-1;/p-1. The van der Waals surface area contributed by atoms with Gasteiger partial charge < -0.3 is 23.7 Å². The van der Waals surface area contributed by atoms with Crippen LogP contribution in [0.15, 0.2) is 0 Å². The van der Waals surface area contributed by atoms with Crippen LogP contribution >= 0.6 is 0 Å². The summed E-state index contributed by atoms with van der Waals surface area (Å²) < 4.78 is 73.8. The van der Waals surface area contributed by atoms with Crippen molar-refractivity contribution in [1.29, 1.82) is 0 Å². The molecule has 0 radical (unpaired) electrons. The monoisotopic (exact) mass is 720 g/mol. The maximum absolute atomic E-state index is 13.3. The minimum absolute atomic E-state index is 0. The molecule has 31 heavy (non-hydrogen) atoms. The summed E-state index contributed by atoms with van der Waals surface area (Å²) in [5.74, 6) is -4.98. The van der Waals surface area contributed by atoms with Gasteiger partial charge in [0.1, 0.15) is 16.2 Å². The Hall–Kier alpha value is -2.86. The second-order valence-corrected chi connectivity index (χ2v) is 9.82. The van der Waals surface area contributed by atoms with Gasteiger partial charge in [-0.15, -0.1) is 0 Å². The van der Waals surface area contributed by atoms with Gasteiger partial charge in [0.15, 0.2) is 6.10 Å². The summed E-state index contributed by atoms with van der Waals surface area (Å²) in [5.41, 5.74) is -0.724. The Morgan fingerprint density at radius 2 is 1.84 bits per heavy atom. The van der Waals surface area contributed by atoms with Crippen LogP contribution in [-0.4, -0.2) is 70.9 Å². The molecule has 0 aliphatic carbocycles. The fourth-order valence-electron chi connectivity index (χ4n) is 4.31. The molecule has 0 spiro atoms. The van der Waals surface area contributed by atoms with Crippen LogP contribution in [0.2, 0.25) is 0 Å². The molecule has 10 nitrogen and oxygen atoms in total. The molecule has 6 unspecified atom stereocenters. The van der Waals surface area contributed by atoms with Crippen LogP contribution in [0.3, 0.4) is 0 Å². The van der Waals surface area contributed by atoms with Gasteiger partial charge in [-0.1, -0.05) is 13.5 Å². The first-order valence-corrected chi connectivity index (χ1v) is 10.6. The summed E-state index contributed by atoms with van der Waals surface area (Å²) in [5, 5.41) is -4.95. The summed E-state index contributed by atoms with van der Waals surface area (Å²) >= 11 is 0. The first-order valence-electron chi connectivity index (χ1n) is 9.18. The molecule has 172 valence electrons. The molecule has 0 aromatic carbocycles. The van der Waals surface area contributed by atoms with Crippen LogP contribution in [0, 0.1) is 18.4 Å². The zero-order valence-electron chi connectivity index (χ0n) is 17.2. The third-order valence-electron chi connectivity index (χ3n) is 5.42. The number of hydrogen-bond donors (Lipinski definition) is 0. The first-order chi connectivity index (χ1) is 13.6. The topological polar surface area (TPSA) is 139 Å². The van der Waals surface area contributed by atoms with Gasteiger partial charge in [0.05, 0.1) is 24.0 Å². The SMILES string of the molecule is CCC(=O)OC1C2OC3C(C(=O)N(C(C)(C)C)C13)C2C(=O)O[CH-]C(F)(F)S(=O)(=O)[O-].[Rf]. The van der Waals surface area contributed by atoms with Gasteiger partial charge >= 0.3 is 5.97 Å². The van der Waals surface area contributed by atoms with Crippen molar-refractivity contribution >= 4 is 28.0 Å². The molecule has 3 heterocycles. The van der Waals surface area contributed by atoms with Crippen molar-refractivity contribution in [1.82, 2.24) is 4.90 Å². The van der Waals surface area contributed by atoms with Crippen LogP contribution in [0.25, 0.3) is 0 Å². The van der Waals surface area contributed by atoms with Crippen molar-refractivity contribution in [2.75, 3.05) is 0 Å². The fraction of sp³-hybridized carbons (Fsp3) is 0.765. The average Bonchev–Trinajstić information content (AvgIpc) is 3.20. The van der Waals surface area contributed by atoms with Crippen molar-refractivity contribution in [2.24, 2.45) is 11.8 Å². The molecule has 2 bridgehead atoms. The molecule has 3 fully saturated rings. The van der Waals surface area contributed by atoms with Crippen molar-refractivity contribution in [3.63, 3.8) is 0 Å². The predicted molar refractivity (Wildman–Crippen MR) is 91.2 cm³/mol. The molecule has 3 aliphatic rings. The van der Waals surface area contributed by atoms with E-state index in [4.69, 9.17) is 9.47 Å². The van der Waals surface area contributed by atoms with E-state index in [2.05, 4.69) is 4.74 Å². The van der Waals surface area contributed by atoms with Gasteiger partial charge in [0, 0.05) is 12.0 Å². The number of nitrogens with zero attached hydrogens (tertiary/aromatic N) is 1. The molecular formula is C17H21F2NO9RfS-2. The predicted octanol–water partition coefficient (Wildman–Crippen LogP) is 0.174. The van der Waals surface area contributed by atoms with Crippen molar-refractivity contribution in [2.45, 2.75) is 69.3 Å². The van der Waals surface area contributed by atoms with E-state index in [0.29, 0.717) is 0 Å². The average molecular weight is 720 g/mol. The van der Waals surface area contributed by atoms with Crippen LogP contribution < -0.4 is 0 Å². The Balaban J connectivity index is 0.00000341. The fourth-order valence-corrected chi connectivity index (χ4v) is 4.47. The van der Waals surface area contributed by atoms with E-state index >= 15 is 0 Å². The van der Waals surface area contributed by atoms with Gasteiger partial charge in [0.2, 0.25) is 5.91 Å². The van der Waals surface area contributed by atoms with Crippen LogP contribution in [0.5, 0.6) is 0 Å². The third-order valence-corrected chi connectivity index (χ3v) is 6.19. The van der Waals surface area contributed by atoms with Crippen molar-refractivity contribution < 1.29 is 50.3 Å². The molecule has 3 rings (SSSR count). The molecule has 1 amide bonds. The smallest absolute Gasteiger partial charge is 0.305 e. The zero-order valence-corrected chi connectivity index (χ0v) is 24.5. The third kappa shape index (κ3) is 3.69. The molecular weight excluding hydrogens is 699 g/mol. The van der Waals surface area contributed by atoms with Crippen LogP contribution in [0.4, 0.5) is 8.78 Å². The number of esters is 2. The second-order valence-electron chi connectivity index (χ2n) is 8.37. The van der Waals surface area contributed by atoms with E-state index in [1.165, 1.54) is 4.90 Å². The number of rotatable bonds is 6. The Kier molecular flexibility index (Phi) is 5.81. The summed E-state index contributed by atoms with van der Waals surface area (Å²) in [7, 11) is -6.10. The van der Waals surface area contributed by atoms with Crippen LogP contribution in [-0.2, 0) is 38.7 Å². The number of carbonyl (C=O) groups excluding carboxylic acids is 3. The number of carbonyl (C=O) groups is 3. The molecule has 0 saturated carbocycles. The molecule has 0 aromatic rings. The zero-order chi connectivity index (χ0) is 22.8. The summed E-state index contributed by atoms with van der Waals surface area (Å²) in [4.78, 5) is 38.9. The Labute approximate surface area is 171 Å². The maximum atomic E-state index is 13.3. The largest absolute Gasteiger partial charge is 0.746 e. The van der Waals surface area contributed by atoms with Gasteiger partial charge in [-0.3, -0.25) is 14.4 Å². The number of fused-ring (bicyclic) bond motifs is 1. The second kappa shape index (κ2) is 7.38. The number of hydrogen-bond acceptors (Lipinski definition) is 9. The quantitative estimate of drug-likeness (QED) is 0.214. The van der Waals surface area contributed by atoms with Crippen LogP contribution in [0.1, 0.15) is 34.1 Å². The Bertz CT molecular complexity index is 875. The van der Waals surface area contributed by atoms with Crippen molar-refractivity contribution in [3.05, 3.63) is 6.61 Å². The van der Waals surface area contributed by atoms with E-state index in [0.717, 1.165) is 0 Å². The van der Waals surface area contributed by atoms with E-state index in [-0.39, 0.29) is 6.42 Å². The van der Waals surface area contributed by atoms with E-state index in [9.17, 15) is 36.1 Å². The Morgan fingerprint density at radius 3 is 2.32 bits per heavy atom. The first kappa shape index (κ1) is 24.4. The molecule has 3 aliphatic heterocycles. The number of alkyl halides is 2.